The van der Waals surface area contributed by atoms with Gasteiger partial charge in [0.15, 0.2) is 11.6 Å². The van der Waals surface area contributed by atoms with Crippen LogP contribution in [0.15, 0.2) is 53.2 Å². The maximum Gasteiger partial charge on any atom is 0.274 e. The number of hydrogen-bond donors (Lipinski definition) is 0. The van der Waals surface area contributed by atoms with Crippen LogP contribution in [0.3, 0.4) is 0 Å². The number of ether oxygens (including phenoxy) is 1. The zero-order valence-corrected chi connectivity index (χ0v) is 15.7. The molecule has 0 N–H and O–H groups in total. The number of benzene rings is 1. The summed E-state index contributed by atoms with van der Waals surface area (Å²) in [7, 11) is 1.66. The highest BCUT2D eigenvalue weighted by atomic mass is 16.5. The minimum absolute atomic E-state index is 0.0841. The van der Waals surface area contributed by atoms with Crippen LogP contribution >= 0.6 is 0 Å². The normalized spacial score (nSPS) is 16.8. The SMILES string of the molecule is COc1ccccc1Cc1cnc(C2CCCN(C(=O)c3cccnn3)C2)o1. The van der Waals surface area contributed by atoms with Gasteiger partial charge >= 0.3 is 0 Å². The summed E-state index contributed by atoms with van der Waals surface area (Å²) in [4.78, 5) is 18.9. The van der Waals surface area contributed by atoms with Gasteiger partial charge in [0.05, 0.1) is 19.2 Å². The Morgan fingerprint density at radius 2 is 2.18 bits per heavy atom. The number of para-hydroxylation sites is 1. The number of carbonyl (C=O) groups is 1. The molecule has 0 spiro atoms. The molecule has 28 heavy (non-hydrogen) atoms. The van der Waals surface area contributed by atoms with E-state index in [1.54, 1.807) is 31.6 Å². The van der Waals surface area contributed by atoms with Crippen LogP contribution in [-0.4, -0.2) is 46.2 Å². The van der Waals surface area contributed by atoms with Crippen molar-refractivity contribution in [1.82, 2.24) is 20.1 Å². The first-order valence-corrected chi connectivity index (χ1v) is 9.38. The minimum Gasteiger partial charge on any atom is -0.496 e. The van der Waals surface area contributed by atoms with E-state index in [0.717, 1.165) is 29.9 Å². The lowest BCUT2D eigenvalue weighted by Crippen LogP contribution is -2.39. The third-order valence-corrected chi connectivity index (χ3v) is 4.98. The lowest BCUT2D eigenvalue weighted by molar-refractivity contribution is 0.0690. The summed E-state index contributed by atoms with van der Waals surface area (Å²) in [6.45, 7) is 1.28. The van der Waals surface area contributed by atoms with Gasteiger partial charge in [0.1, 0.15) is 11.5 Å². The number of nitrogens with zero attached hydrogens (tertiary/aromatic N) is 4. The second-order valence-electron chi connectivity index (χ2n) is 6.85. The number of likely N-dealkylation sites (tertiary alicyclic amines) is 1. The van der Waals surface area contributed by atoms with Crippen LogP contribution in [0.25, 0.3) is 0 Å². The quantitative estimate of drug-likeness (QED) is 0.679. The molecule has 144 valence electrons. The first kappa shape index (κ1) is 18.2. The molecule has 1 aliphatic rings. The molecule has 1 aliphatic heterocycles. The fourth-order valence-electron chi connectivity index (χ4n) is 3.57. The highest BCUT2D eigenvalue weighted by molar-refractivity contribution is 5.92. The van der Waals surface area contributed by atoms with Crippen LogP contribution in [0.2, 0.25) is 0 Å². The summed E-state index contributed by atoms with van der Waals surface area (Å²) in [5.74, 6) is 2.29. The van der Waals surface area contributed by atoms with Crippen LogP contribution in [-0.2, 0) is 6.42 Å². The highest BCUT2D eigenvalue weighted by Crippen LogP contribution is 2.29. The molecule has 3 aromatic rings. The van der Waals surface area contributed by atoms with Crippen molar-refractivity contribution in [3.63, 3.8) is 0 Å². The highest BCUT2D eigenvalue weighted by Gasteiger charge is 2.29. The Morgan fingerprint density at radius 1 is 1.29 bits per heavy atom. The summed E-state index contributed by atoms with van der Waals surface area (Å²) in [5, 5.41) is 7.72. The number of aromatic nitrogens is 3. The van der Waals surface area contributed by atoms with E-state index in [9.17, 15) is 4.79 Å². The molecule has 1 atom stereocenters. The summed E-state index contributed by atoms with van der Waals surface area (Å²) in [5.41, 5.74) is 1.42. The van der Waals surface area contributed by atoms with E-state index < -0.39 is 0 Å². The van der Waals surface area contributed by atoms with Gasteiger partial charge in [-0.15, -0.1) is 5.10 Å². The summed E-state index contributed by atoms with van der Waals surface area (Å²) in [6.07, 6.45) is 5.79. The summed E-state index contributed by atoms with van der Waals surface area (Å²) in [6, 6.07) is 11.3. The second kappa shape index (κ2) is 8.21. The molecular weight excluding hydrogens is 356 g/mol. The van der Waals surface area contributed by atoms with Gasteiger partial charge in [0.2, 0.25) is 0 Å². The van der Waals surface area contributed by atoms with Gasteiger partial charge < -0.3 is 14.1 Å². The molecule has 1 saturated heterocycles. The Kier molecular flexibility index (Phi) is 5.32. The molecule has 7 nitrogen and oxygen atoms in total. The largest absolute Gasteiger partial charge is 0.496 e. The number of hydrogen-bond acceptors (Lipinski definition) is 6. The molecule has 2 aromatic heterocycles. The Bertz CT molecular complexity index is 942. The summed E-state index contributed by atoms with van der Waals surface area (Å²) < 4.78 is 11.4. The number of amides is 1. The third-order valence-electron chi connectivity index (χ3n) is 4.98. The molecule has 1 amide bonds. The molecule has 7 heteroatoms. The minimum atomic E-state index is -0.0985. The maximum absolute atomic E-state index is 12.7. The van der Waals surface area contributed by atoms with Crippen molar-refractivity contribution < 1.29 is 13.9 Å². The van der Waals surface area contributed by atoms with E-state index in [-0.39, 0.29) is 11.8 Å². The van der Waals surface area contributed by atoms with Gasteiger partial charge in [-0.3, -0.25) is 4.79 Å². The predicted octanol–water partition coefficient (Wildman–Crippen LogP) is 3.08. The van der Waals surface area contributed by atoms with Gasteiger partial charge in [0, 0.05) is 31.3 Å². The monoisotopic (exact) mass is 378 g/mol. The Hall–Kier alpha value is -3.22. The van der Waals surface area contributed by atoms with Crippen LogP contribution in [0, 0.1) is 0 Å². The molecule has 0 radical (unpaired) electrons. The Morgan fingerprint density at radius 3 is 3.00 bits per heavy atom. The number of methoxy groups -OCH3 is 1. The first-order valence-electron chi connectivity index (χ1n) is 9.38. The molecular formula is C21H22N4O3. The fraction of sp³-hybridized carbons (Fsp3) is 0.333. The number of piperidine rings is 1. The lowest BCUT2D eigenvalue weighted by Gasteiger charge is -2.30. The van der Waals surface area contributed by atoms with Crippen molar-refractivity contribution in [2.24, 2.45) is 0 Å². The molecule has 0 saturated carbocycles. The second-order valence-corrected chi connectivity index (χ2v) is 6.85. The number of rotatable bonds is 5. The van der Waals surface area contributed by atoms with Gasteiger partial charge in [0.25, 0.3) is 5.91 Å². The Labute approximate surface area is 163 Å². The zero-order valence-electron chi connectivity index (χ0n) is 15.7. The Balaban J connectivity index is 1.45. The van der Waals surface area contributed by atoms with Gasteiger partial charge in [-0.1, -0.05) is 18.2 Å². The molecule has 0 bridgehead atoms. The van der Waals surface area contributed by atoms with Crippen molar-refractivity contribution in [3.05, 3.63) is 71.7 Å². The van der Waals surface area contributed by atoms with E-state index in [0.29, 0.717) is 31.1 Å². The lowest BCUT2D eigenvalue weighted by atomic mass is 9.97. The fourth-order valence-corrected chi connectivity index (χ4v) is 3.57. The van der Waals surface area contributed by atoms with Crippen molar-refractivity contribution >= 4 is 5.91 Å². The van der Waals surface area contributed by atoms with E-state index in [1.165, 1.54) is 0 Å². The van der Waals surface area contributed by atoms with E-state index in [4.69, 9.17) is 9.15 Å². The van der Waals surface area contributed by atoms with Gasteiger partial charge in [-0.25, -0.2) is 4.98 Å². The molecule has 0 aliphatic carbocycles. The first-order chi connectivity index (χ1) is 13.7. The average Bonchev–Trinajstić information content (AvgIpc) is 3.23. The van der Waals surface area contributed by atoms with E-state index in [2.05, 4.69) is 15.2 Å². The molecule has 3 heterocycles. The smallest absolute Gasteiger partial charge is 0.274 e. The molecule has 1 unspecified atom stereocenters. The van der Waals surface area contributed by atoms with Crippen LogP contribution in [0.5, 0.6) is 5.75 Å². The standard InChI is InChI=1S/C21H22N4O3/c1-27-19-9-3-2-6-15(19)12-17-13-22-20(28-17)16-7-5-11-25(14-16)21(26)18-8-4-10-23-24-18/h2-4,6,8-10,13,16H,5,7,11-12,14H2,1H3. The molecule has 4 rings (SSSR count). The van der Waals surface area contributed by atoms with Crippen molar-refractivity contribution in [3.8, 4) is 5.75 Å². The zero-order chi connectivity index (χ0) is 19.3. The van der Waals surface area contributed by atoms with E-state index in [1.807, 2.05) is 29.2 Å². The van der Waals surface area contributed by atoms with Crippen molar-refractivity contribution in [2.75, 3.05) is 20.2 Å². The van der Waals surface area contributed by atoms with Gasteiger partial charge in [-0.2, -0.15) is 5.10 Å². The maximum atomic E-state index is 12.7. The summed E-state index contributed by atoms with van der Waals surface area (Å²) >= 11 is 0. The predicted molar refractivity (Wildman–Crippen MR) is 102 cm³/mol. The topological polar surface area (TPSA) is 81.4 Å². The average molecular weight is 378 g/mol. The van der Waals surface area contributed by atoms with Crippen LogP contribution in [0.4, 0.5) is 0 Å². The van der Waals surface area contributed by atoms with Crippen LogP contribution < -0.4 is 4.74 Å². The molecule has 1 fully saturated rings. The van der Waals surface area contributed by atoms with Crippen LogP contribution in [0.1, 0.15) is 46.5 Å². The number of oxazole rings is 1. The number of carbonyl (C=O) groups excluding carboxylic acids is 1. The van der Waals surface area contributed by atoms with Crippen molar-refractivity contribution in [2.45, 2.75) is 25.2 Å². The molecule has 1 aromatic carbocycles. The van der Waals surface area contributed by atoms with Gasteiger partial charge in [-0.05, 0) is 31.0 Å². The van der Waals surface area contributed by atoms with E-state index >= 15 is 0 Å². The third kappa shape index (κ3) is 3.88. The van der Waals surface area contributed by atoms with Crippen molar-refractivity contribution in [1.29, 1.82) is 0 Å².